The molecule has 0 radical (unpaired) electrons. The van der Waals surface area contributed by atoms with Crippen LogP contribution >= 0.6 is 0 Å². The van der Waals surface area contributed by atoms with E-state index in [1.807, 2.05) is 0 Å². The summed E-state index contributed by atoms with van der Waals surface area (Å²) in [7, 11) is 0. The quantitative estimate of drug-likeness (QED) is 0.170. The molecule has 3 nitrogen and oxygen atoms in total. The smallest absolute Gasteiger partial charge is 0.252 e. The Bertz CT molecular complexity index is 2390. The molecule has 0 unspecified atom stereocenters. The summed E-state index contributed by atoms with van der Waals surface area (Å²) in [5, 5.41) is 6.20. The maximum absolute atomic E-state index is 4.99. The van der Waals surface area contributed by atoms with Crippen LogP contribution in [0.1, 0.15) is 0 Å². The number of benzene rings is 6. The molecule has 41 heavy (non-hydrogen) atoms. The third-order valence-corrected chi connectivity index (χ3v) is 9.18. The second-order valence-corrected chi connectivity index (χ2v) is 11.2. The van der Waals surface area contributed by atoms with E-state index in [0.717, 1.165) is 11.2 Å². The van der Waals surface area contributed by atoms with E-state index in [9.17, 15) is 0 Å². The van der Waals surface area contributed by atoms with Crippen molar-refractivity contribution >= 4 is 83.6 Å². The van der Waals surface area contributed by atoms with Gasteiger partial charge in [-0.15, -0.1) is 0 Å². The van der Waals surface area contributed by atoms with Gasteiger partial charge in [-0.25, -0.2) is 0 Å². The Morgan fingerprint density at radius 1 is 0.537 bits per heavy atom. The van der Waals surface area contributed by atoms with Crippen LogP contribution in [0, 0.1) is 0 Å². The second kappa shape index (κ2) is 7.64. The van der Waals surface area contributed by atoms with Crippen molar-refractivity contribution in [1.82, 2.24) is 9.55 Å². The number of hydrogen-bond acceptors (Lipinski definition) is 2. The van der Waals surface area contributed by atoms with Gasteiger partial charge in [0.1, 0.15) is 0 Å². The number of anilines is 3. The van der Waals surface area contributed by atoms with E-state index in [-0.39, 0.29) is 6.71 Å². The van der Waals surface area contributed by atoms with Crippen LogP contribution in [0.2, 0.25) is 0 Å². The molecule has 0 aliphatic carbocycles. The fourth-order valence-corrected chi connectivity index (χ4v) is 7.61. The Balaban J connectivity index is 1.50. The van der Waals surface area contributed by atoms with Gasteiger partial charge in [-0.2, -0.15) is 0 Å². The molecule has 10 rings (SSSR count). The standard InChI is InChI=1S/C37H22BN3/c1-2-11-23(12-3-1)40-33-20-9-6-16-29(33)38-30-17-10-15-26-25-14-5-8-19-32(25)41(36(26)30)34-21-27-24-13-4-7-18-31(24)39-22-28(27)37(40)35(34)38/h1-22H. The first-order valence-corrected chi connectivity index (χ1v) is 14.2. The van der Waals surface area contributed by atoms with E-state index < -0.39 is 0 Å². The number of fused-ring (bicyclic) bond motifs is 11. The number of hydrogen-bond donors (Lipinski definition) is 0. The zero-order chi connectivity index (χ0) is 26.7. The highest BCUT2D eigenvalue weighted by molar-refractivity contribution is 7.00. The van der Waals surface area contributed by atoms with E-state index in [1.165, 1.54) is 71.4 Å². The van der Waals surface area contributed by atoms with E-state index in [0.29, 0.717) is 0 Å². The van der Waals surface area contributed by atoms with Crippen LogP contribution in [0.25, 0.3) is 49.2 Å². The fourth-order valence-electron chi connectivity index (χ4n) is 7.61. The Morgan fingerprint density at radius 3 is 2.20 bits per heavy atom. The monoisotopic (exact) mass is 519 g/mol. The van der Waals surface area contributed by atoms with Crippen molar-refractivity contribution < 1.29 is 0 Å². The third-order valence-electron chi connectivity index (χ3n) is 9.18. The Kier molecular flexibility index (Phi) is 4.00. The predicted octanol–water partition coefficient (Wildman–Crippen LogP) is 7.10. The largest absolute Gasteiger partial charge is 0.311 e. The van der Waals surface area contributed by atoms with Crippen LogP contribution in [0.15, 0.2) is 134 Å². The van der Waals surface area contributed by atoms with Crippen molar-refractivity contribution in [2.45, 2.75) is 0 Å². The number of rotatable bonds is 1. The first-order valence-electron chi connectivity index (χ1n) is 14.2. The van der Waals surface area contributed by atoms with Crippen LogP contribution in [-0.2, 0) is 0 Å². The van der Waals surface area contributed by atoms with Gasteiger partial charge in [-0.1, -0.05) is 91.0 Å². The molecule has 0 saturated heterocycles. The number of pyridine rings is 1. The lowest BCUT2D eigenvalue weighted by molar-refractivity contribution is 1.18. The van der Waals surface area contributed by atoms with Crippen molar-refractivity contribution in [1.29, 1.82) is 0 Å². The summed E-state index contributed by atoms with van der Waals surface area (Å²) in [4.78, 5) is 7.46. The minimum atomic E-state index is 0.118. The molecule has 188 valence electrons. The van der Waals surface area contributed by atoms with E-state index >= 15 is 0 Å². The topological polar surface area (TPSA) is 21.1 Å². The molecule has 8 aromatic rings. The summed E-state index contributed by atoms with van der Waals surface area (Å²) >= 11 is 0. The summed E-state index contributed by atoms with van der Waals surface area (Å²) in [5.74, 6) is 0. The van der Waals surface area contributed by atoms with Gasteiger partial charge in [-0.3, -0.25) is 4.98 Å². The molecule has 0 bridgehead atoms. The first kappa shape index (κ1) is 21.5. The molecule has 2 aromatic heterocycles. The predicted molar refractivity (Wildman–Crippen MR) is 173 cm³/mol. The Labute approximate surface area is 237 Å². The highest BCUT2D eigenvalue weighted by atomic mass is 15.2. The highest BCUT2D eigenvalue weighted by Crippen LogP contribution is 2.45. The molecule has 0 N–H and O–H groups in total. The summed E-state index contributed by atoms with van der Waals surface area (Å²) in [5.41, 5.74) is 12.5. The average Bonchev–Trinajstić information content (AvgIpc) is 3.38. The molecule has 0 amide bonds. The molecular weight excluding hydrogens is 497 g/mol. The number of para-hydroxylation sites is 5. The molecule has 6 aromatic carbocycles. The van der Waals surface area contributed by atoms with Crippen molar-refractivity contribution in [3.63, 3.8) is 0 Å². The molecule has 4 heteroatoms. The van der Waals surface area contributed by atoms with Gasteiger partial charge in [0.2, 0.25) is 0 Å². The lowest BCUT2D eigenvalue weighted by Crippen LogP contribution is -2.60. The van der Waals surface area contributed by atoms with Gasteiger partial charge in [0.05, 0.1) is 16.7 Å². The molecule has 2 aliphatic heterocycles. The first-order chi connectivity index (χ1) is 20.4. The Hall–Kier alpha value is -5.35. The maximum atomic E-state index is 4.99. The van der Waals surface area contributed by atoms with Gasteiger partial charge in [0.15, 0.2) is 0 Å². The minimum absolute atomic E-state index is 0.118. The zero-order valence-corrected chi connectivity index (χ0v) is 22.1. The molecule has 0 saturated carbocycles. The lowest BCUT2D eigenvalue weighted by atomic mass is 9.33. The van der Waals surface area contributed by atoms with Crippen molar-refractivity contribution in [3.8, 4) is 5.69 Å². The van der Waals surface area contributed by atoms with E-state index in [4.69, 9.17) is 4.98 Å². The summed E-state index contributed by atoms with van der Waals surface area (Å²) < 4.78 is 2.53. The van der Waals surface area contributed by atoms with Crippen LogP contribution in [0.4, 0.5) is 17.1 Å². The van der Waals surface area contributed by atoms with Crippen LogP contribution in [0.3, 0.4) is 0 Å². The van der Waals surface area contributed by atoms with Crippen molar-refractivity contribution in [3.05, 3.63) is 134 Å². The molecule has 4 heterocycles. The molecule has 0 spiro atoms. The van der Waals surface area contributed by atoms with Crippen molar-refractivity contribution in [2.75, 3.05) is 4.90 Å². The zero-order valence-electron chi connectivity index (χ0n) is 22.1. The second-order valence-electron chi connectivity index (χ2n) is 11.2. The minimum Gasteiger partial charge on any atom is -0.311 e. The summed E-state index contributed by atoms with van der Waals surface area (Å²) in [6.07, 6.45) is 2.10. The summed E-state index contributed by atoms with van der Waals surface area (Å²) in [6.45, 7) is 0.118. The SMILES string of the molecule is c1ccc(N2c3ccccc3B3c4c(cc5c(cnc6ccccc65)c42)-n2c4ccccc4c4cccc3c42)cc1. The molecule has 0 atom stereocenters. The normalized spacial score (nSPS) is 13.3. The molecule has 2 aliphatic rings. The lowest BCUT2D eigenvalue weighted by Gasteiger charge is -2.41. The van der Waals surface area contributed by atoms with Gasteiger partial charge >= 0.3 is 0 Å². The van der Waals surface area contributed by atoms with Gasteiger partial charge in [0, 0.05) is 50.3 Å². The highest BCUT2D eigenvalue weighted by Gasteiger charge is 2.42. The maximum Gasteiger partial charge on any atom is 0.252 e. The molecule has 0 fully saturated rings. The summed E-state index contributed by atoms with van der Waals surface area (Å²) in [6, 6.07) is 46.4. The van der Waals surface area contributed by atoms with Crippen LogP contribution in [-0.4, -0.2) is 16.3 Å². The van der Waals surface area contributed by atoms with Gasteiger partial charge < -0.3 is 9.47 Å². The van der Waals surface area contributed by atoms with E-state index in [2.05, 4.69) is 143 Å². The number of aromatic nitrogens is 2. The van der Waals surface area contributed by atoms with E-state index in [1.54, 1.807) is 0 Å². The van der Waals surface area contributed by atoms with Gasteiger partial charge in [0.25, 0.3) is 6.71 Å². The average molecular weight is 519 g/mol. The van der Waals surface area contributed by atoms with Crippen molar-refractivity contribution in [2.24, 2.45) is 0 Å². The number of nitrogens with zero attached hydrogens (tertiary/aromatic N) is 3. The third kappa shape index (κ3) is 2.62. The molecular formula is C37H22BN3. The Morgan fingerprint density at radius 2 is 1.27 bits per heavy atom. The van der Waals surface area contributed by atoms with Crippen LogP contribution < -0.4 is 21.3 Å². The van der Waals surface area contributed by atoms with Crippen LogP contribution in [0.5, 0.6) is 0 Å². The fraction of sp³-hybridized carbons (Fsp3) is 0. The van der Waals surface area contributed by atoms with Gasteiger partial charge in [-0.05, 0) is 58.2 Å².